The van der Waals surface area contributed by atoms with Crippen LogP contribution in [0.4, 0.5) is 0 Å². The van der Waals surface area contributed by atoms with Gasteiger partial charge in [0.05, 0.1) is 13.7 Å². The van der Waals surface area contributed by atoms with Crippen molar-refractivity contribution in [2.24, 2.45) is 0 Å². The number of fused-ring (bicyclic) bond motifs is 1. The molecular weight excluding hydrogens is 390 g/mol. The summed E-state index contributed by atoms with van der Waals surface area (Å²) in [6.07, 6.45) is 0. The first-order valence-electron chi connectivity index (χ1n) is 9.09. The number of esters is 1. The molecule has 0 saturated carbocycles. The fourth-order valence-corrected chi connectivity index (χ4v) is 3.38. The molecule has 0 aliphatic rings. The van der Waals surface area contributed by atoms with Gasteiger partial charge in [0.1, 0.15) is 18.0 Å². The van der Waals surface area contributed by atoms with E-state index in [-0.39, 0.29) is 11.4 Å². The minimum absolute atomic E-state index is 0.100. The number of rotatable bonds is 6. The van der Waals surface area contributed by atoms with Crippen molar-refractivity contribution < 1.29 is 18.7 Å². The maximum absolute atomic E-state index is 11.8. The summed E-state index contributed by atoms with van der Waals surface area (Å²) in [6, 6.07) is 15.7. The summed E-state index contributed by atoms with van der Waals surface area (Å²) in [5, 5.41) is 5.37. The third-order valence-corrected chi connectivity index (χ3v) is 4.77. The summed E-state index contributed by atoms with van der Waals surface area (Å²) in [5.41, 5.74) is 3.48. The van der Waals surface area contributed by atoms with E-state index in [2.05, 4.69) is 10.1 Å². The van der Waals surface area contributed by atoms with Gasteiger partial charge in [0, 0.05) is 16.5 Å². The van der Waals surface area contributed by atoms with Crippen LogP contribution in [-0.2, 0) is 16.1 Å². The zero-order chi connectivity index (χ0) is 20.4. The van der Waals surface area contributed by atoms with Gasteiger partial charge < -0.3 is 18.9 Å². The first-order chi connectivity index (χ1) is 14.1. The number of hydrogen-bond acceptors (Lipinski definition) is 6. The van der Waals surface area contributed by atoms with Crippen molar-refractivity contribution in [3.63, 3.8) is 0 Å². The van der Waals surface area contributed by atoms with Crippen molar-refractivity contribution in [3.05, 3.63) is 53.4 Å². The third kappa shape index (κ3) is 3.66. The molecule has 2 aromatic heterocycles. The van der Waals surface area contributed by atoms with Crippen molar-refractivity contribution in [1.82, 2.24) is 14.8 Å². The Bertz CT molecular complexity index is 1220. The molecule has 148 valence electrons. The summed E-state index contributed by atoms with van der Waals surface area (Å²) >= 11 is 5.25. The number of benzene rings is 2. The Morgan fingerprint density at radius 1 is 1.24 bits per heavy atom. The van der Waals surface area contributed by atoms with Gasteiger partial charge in [-0.15, -0.1) is 5.10 Å². The molecule has 29 heavy (non-hydrogen) atoms. The van der Waals surface area contributed by atoms with Crippen LogP contribution in [0.5, 0.6) is 5.75 Å². The summed E-state index contributed by atoms with van der Waals surface area (Å²) < 4.78 is 17.4. The van der Waals surface area contributed by atoms with Gasteiger partial charge in [0.25, 0.3) is 10.7 Å². The average molecular weight is 409 g/mol. The Morgan fingerprint density at radius 2 is 2.03 bits per heavy atom. The monoisotopic (exact) mass is 409 g/mol. The highest BCUT2D eigenvalue weighted by molar-refractivity contribution is 7.71. The molecule has 4 aromatic rings. The molecule has 0 aliphatic heterocycles. The number of hydrogen-bond donors (Lipinski definition) is 1. The van der Waals surface area contributed by atoms with E-state index in [0.29, 0.717) is 18.2 Å². The summed E-state index contributed by atoms with van der Waals surface area (Å²) in [7, 11) is 1.63. The first kappa shape index (κ1) is 18.9. The smallest absolute Gasteiger partial charge is 0.327 e. The van der Waals surface area contributed by atoms with Crippen LogP contribution < -0.4 is 4.74 Å². The number of carbonyl (C=O) groups is 1. The number of methoxy groups -OCH3 is 1. The molecule has 0 radical (unpaired) electrons. The largest absolute Gasteiger partial charge is 0.497 e. The summed E-state index contributed by atoms with van der Waals surface area (Å²) in [6.45, 7) is 1.93. The number of ether oxygens (including phenoxy) is 2. The Morgan fingerprint density at radius 3 is 2.76 bits per heavy atom. The molecule has 0 atom stereocenters. The van der Waals surface area contributed by atoms with Crippen molar-refractivity contribution >= 4 is 29.1 Å². The topological polar surface area (TPSA) is 82.3 Å². The van der Waals surface area contributed by atoms with Gasteiger partial charge in [0.15, 0.2) is 0 Å². The minimum atomic E-state index is -0.423. The van der Waals surface area contributed by atoms with Crippen LogP contribution in [0.1, 0.15) is 6.92 Å². The van der Waals surface area contributed by atoms with Crippen LogP contribution in [0.3, 0.4) is 0 Å². The zero-order valence-electron chi connectivity index (χ0n) is 16.0. The molecule has 1 N–H and O–H groups in total. The van der Waals surface area contributed by atoms with E-state index >= 15 is 0 Å². The predicted molar refractivity (Wildman–Crippen MR) is 111 cm³/mol. The van der Waals surface area contributed by atoms with E-state index in [9.17, 15) is 4.79 Å². The number of carbonyl (C=O) groups excluding carboxylic acids is 1. The SMILES string of the molecule is CCOC(=O)Cn1nc(-c2[nH]c3ccc(OC)cc3c2-c2ccccc2)oc1=S. The van der Waals surface area contributed by atoms with Gasteiger partial charge in [-0.2, -0.15) is 0 Å². The number of nitrogens with zero attached hydrogens (tertiary/aromatic N) is 2. The van der Waals surface area contributed by atoms with Gasteiger partial charge in [-0.25, -0.2) is 4.68 Å². The standard InChI is InChI=1S/C21H19N3O4S/c1-3-27-17(25)12-24-21(29)28-20(23-24)19-18(13-7-5-4-6-8-13)15-11-14(26-2)9-10-16(15)22-19/h4-11,22H,3,12H2,1-2H3. The summed E-state index contributed by atoms with van der Waals surface area (Å²) in [4.78, 5) is 15.3. The molecule has 4 rings (SSSR count). The molecule has 0 aliphatic carbocycles. The minimum Gasteiger partial charge on any atom is -0.497 e. The second-order valence-electron chi connectivity index (χ2n) is 6.29. The van der Waals surface area contributed by atoms with Crippen molar-refractivity contribution in [2.75, 3.05) is 13.7 Å². The van der Waals surface area contributed by atoms with E-state index in [4.69, 9.17) is 26.1 Å². The molecule has 8 heteroatoms. The molecule has 0 fully saturated rings. The van der Waals surface area contributed by atoms with Gasteiger partial charge in [-0.05, 0) is 42.9 Å². The number of aromatic nitrogens is 3. The fraction of sp³-hybridized carbons (Fsp3) is 0.190. The van der Waals surface area contributed by atoms with Crippen LogP contribution in [-0.4, -0.2) is 34.5 Å². The lowest BCUT2D eigenvalue weighted by Crippen LogP contribution is -2.14. The molecule has 7 nitrogen and oxygen atoms in total. The Kier molecular flexibility index (Phi) is 5.18. The van der Waals surface area contributed by atoms with E-state index in [0.717, 1.165) is 27.8 Å². The highest BCUT2D eigenvalue weighted by atomic mass is 32.1. The van der Waals surface area contributed by atoms with Gasteiger partial charge in [-0.1, -0.05) is 30.3 Å². The van der Waals surface area contributed by atoms with Crippen LogP contribution in [0, 0.1) is 4.84 Å². The maximum Gasteiger partial charge on any atom is 0.327 e. The number of nitrogens with one attached hydrogen (secondary N) is 1. The molecule has 0 bridgehead atoms. The lowest BCUT2D eigenvalue weighted by atomic mass is 10.0. The highest BCUT2D eigenvalue weighted by Crippen LogP contribution is 2.39. The van der Waals surface area contributed by atoms with Crippen LogP contribution >= 0.6 is 12.2 Å². The Balaban J connectivity index is 1.88. The molecule has 0 spiro atoms. The molecule has 0 saturated heterocycles. The maximum atomic E-state index is 11.8. The fourth-order valence-electron chi connectivity index (χ4n) is 3.20. The van der Waals surface area contributed by atoms with Crippen molar-refractivity contribution in [2.45, 2.75) is 13.5 Å². The van der Waals surface area contributed by atoms with Gasteiger partial charge in [-0.3, -0.25) is 4.79 Å². The van der Waals surface area contributed by atoms with E-state index < -0.39 is 5.97 Å². The van der Waals surface area contributed by atoms with Gasteiger partial charge >= 0.3 is 5.97 Å². The van der Waals surface area contributed by atoms with Crippen LogP contribution in [0.15, 0.2) is 52.9 Å². The Labute approximate surface area is 171 Å². The number of aromatic amines is 1. The zero-order valence-corrected chi connectivity index (χ0v) is 16.8. The quantitative estimate of drug-likeness (QED) is 0.370. The highest BCUT2D eigenvalue weighted by Gasteiger charge is 2.21. The third-order valence-electron chi connectivity index (χ3n) is 4.47. The second-order valence-corrected chi connectivity index (χ2v) is 6.64. The van der Waals surface area contributed by atoms with E-state index in [1.165, 1.54) is 4.68 Å². The van der Waals surface area contributed by atoms with Crippen molar-refractivity contribution in [1.29, 1.82) is 0 Å². The predicted octanol–water partition coefficient (Wildman–Crippen LogP) is 4.59. The lowest BCUT2D eigenvalue weighted by molar-refractivity contribution is -0.144. The Hall–Kier alpha value is -3.39. The van der Waals surface area contributed by atoms with Crippen LogP contribution in [0.2, 0.25) is 0 Å². The molecule has 2 aromatic carbocycles. The summed E-state index contributed by atoms with van der Waals surface area (Å²) in [5.74, 6) is 0.621. The van der Waals surface area contributed by atoms with Crippen LogP contribution in [0.25, 0.3) is 33.6 Å². The van der Waals surface area contributed by atoms with Gasteiger partial charge in [0.2, 0.25) is 0 Å². The second kappa shape index (κ2) is 7.92. The molecule has 0 unspecified atom stereocenters. The van der Waals surface area contributed by atoms with E-state index in [1.807, 2.05) is 48.5 Å². The van der Waals surface area contributed by atoms with Crippen molar-refractivity contribution in [3.8, 4) is 28.5 Å². The molecule has 2 heterocycles. The molecule has 0 amide bonds. The molecular formula is C21H19N3O4S. The average Bonchev–Trinajstić information content (AvgIpc) is 3.28. The lowest BCUT2D eigenvalue weighted by Gasteiger charge is -2.04. The van der Waals surface area contributed by atoms with E-state index in [1.54, 1.807) is 14.0 Å². The first-order valence-corrected chi connectivity index (χ1v) is 9.50. The normalized spacial score (nSPS) is 11.0. The number of H-pyrrole nitrogens is 1.